The number of amides is 3. The molecule has 0 spiro atoms. The molecule has 0 aromatic heterocycles. The Morgan fingerprint density at radius 3 is 2.47 bits per heavy atom. The SMILES string of the molecule is CN1C(=O)N(CC2CNN(CC3CCCCC3)C2)C(=O)C2CC(S(=O)(=O)NC3(C)CC3)CCC21. The smallest absolute Gasteiger partial charge is 0.324 e. The second-order valence-corrected chi connectivity index (χ2v) is 13.8. The molecule has 3 aliphatic carbocycles. The Balaban J connectivity index is 1.21. The third-order valence-electron chi connectivity index (χ3n) is 8.93. The molecule has 34 heavy (non-hydrogen) atoms. The first-order valence-corrected chi connectivity index (χ1v) is 14.8. The maximum atomic E-state index is 13.5. The highest BCUT2D eigenvalue weighted by molar-refractivity contribution is 7.90. The summed E-state index contributed by atoms with van der Waals surface area (Å²) < 4.78 is 28.9. The van der Waals surface area contributed by atoms with Crippen molar-refractivity contribution in [2.24, 2.45) is 17.8 Å². The molecule has 2 N–H and O–H groups in total. The monoisotopic (exact) mass is 495 g/mol. The number of carbonyl (C=O) groups excluding carboxylic acids is 2. The summed E-state index contributed by atoms with van der Waals surface area (Å²) in [5, 5.41) is 1.71. The van der Waals surface area contributed by atoms with Gasteiger partial charge in [0.2, 0.25) is 15.9 Å². The summed E-state index contributed by atoms with van der Waals surface area (Å²) in [5.41, 5.74) is 3.16. The molecule has 4 atom stereocenters. The van der Waals surface area contributed by atoms with Gasteiger partial charge in [0.1, 0.15) is 0 Å². The molecule has 5 rings (SSSR count). The van der Waals surface area contributed by atoms with Crippen LogP contribution in [0.2, 0.25) is 0 Å². The average Bonchev–Trinajstić information content (AvgIpc) is 3.36. The number of imide groups is 1. The molecule has 3 amide bonds. The molecule has 3 saturated carbocycles. The lowest BCUT2D eigenvalue weighted by Crippen LogP contribution is -2.63. The fourth-order valence-electron chi connectivity index (χ4n) is 6.54. The van der Waals surface area contributed by atoms with Crippen molar-refractivity contribution in [2.45, 2.75) is 88.0 Å². The minimum Gasteiger partial charge on any atom is -0.324 e. The molecule has 2 aliphatic heterocycles. The standard InChI is InChI=1S/C24H41N5O4S/c1-24(10-11-24)26-34(32,33)19-8-9-21-20(12-19)22(30)29(23(31)27(21)2)16-18-13-25-28(15-18)14-17-6-4-3-5-7-17/h17-21,25-26H,3-16H2,1-2H3. The lowest BCUT2D eigenvalue weighted by atomic mass is 9.81. The molecule has 0 aromatic rings. The van der Waals surface area contributed by atoms with Gasteiger partial charge in [-0.3, -0.25) is 15.1 Å². The van der Waals surface area contributed by atoms with E-state index >= 15 is 0 Å². The van der Waals surface area contributed by atoms with Crippen LogP contribution in [0.4, 0.5) is 4.79 Å². The number of hydrazine groups is 1. The summed E-state index contributed by atoms with van der Waals surface area (Å²) in [6.07, 6.45) is 9.62. The lowest BCUT2D eigenvalue weighted by Gasteiger charge is -2.47. The maximum Gasteiger partial charge on any atom is 0.326 e. The molecule has 10 heteroatoms. The van der Waals surface area contributed by atoms with E-state index in [0.29, 0.717) is 25.8 Å². The predicted molar refractivity (Wildman–Crippen MR) is 129 cm³/mol. The van der Waals surface area contributed by atoms with Crippen molar-refractivity contribution < 1.29 is 18.0 Å². The van der Waals surface area contributed by atoms with Gasteiger partial charge >= 0.3 is 6.03 Å². The van der Waals surface area contributed by atoms with Crippen LogP contribution in [0.25, 0.3) is 0 Å². The zero-order chi connectivity index (χ0) is 24.1. The van der Waals surface area contributed by atoms with Gasteiger partial charge in [0.15, 0.2) is 0 Å². The number of fused-ring (bicyclic) bond motifs is 1. The fraction of sp³-hybridized carbons (Fsp3) is 0.917. The average molecular weight is 496 g/mol. The van der Waals surface area contributed by atoms with Crippen LogP contribution in [-0.2, 0) is 14.8 Å². The Labute approximate surface area is 204 Å². The molecule has 4 unspecified atom stereocenters. The summed E-state index contributed by atoms with van der Waals surface area (Å²) in [6, 6.07) is -0.439. The Bertz CT molecular complexity index is 901. The first-order chi connectivity index (χ1) is 16.2. The van der Waals surface area contributed by atoms with E-state index in [0.717, 1.165) is 38.4 Å². The quantitative estimate of drug-likeness (QED) is 0.559. The number of rotatable bonds is 7. The van der Waals surface area contributed by atoms with Crippen molar-refractivity contribution in [1.82, 2.24) is 25.0 Å². The summed E-state index contributed by atoms with van der Waals surface area (Å²) in [7, 11) is -1.72. The topological polar surface area (TPSA) is 102 Å². The Hall–Kier alpha value is -1.23. The highest BCUT2D eigenvalue weighted by Crippen LogP contribution is 2.40. The van der Waals surface area contributed by atoms with Crippen molar-refractivity contribution in [1.29, 1.82) is 0 Å². The van der Waals surface area contributed by atoms with Crippen LogP contribution in [0, 0.1) is 17.8 Å². The minimum atomic E-state index is -3.49. The van der Waals surface area contributed by atoms with Crippen LogP contribution in [0.1, 0.15) is 71.1 Å². The van der Waals surface area contributed by atoms with Gasteiger partial charge in [-0.2, -0.15) is 0 Å². The van der Waals surface area contributed by atoms with Gasteiger partial charge in [-0.1, -0.05) is 19.3 Å². The van der Waals surface area contributed by atoms with Gasteiger partial charge in [-0.15, -0.1) is 0 Å². The van der Waals surface area contributed by atoms with Gasteiger partial charge in [0.05, 0.1) is 11.2 Å². The number of nitrogens with one attached hydrogen (secondary N) is 2. The first kappa shape index (κ1) is 24.5. The molecular weight excluding hydrogens is 454 g/mol. The van der Waals surface area contributed by atoms with Crippen LogP contribution in [-0.4, -0.2) is 85.2 Å². The van der Waals surface area contributed by atoms with Gasteiger partial charge in [-0.05, 0) is 57.8 Å². The van der Waals surface area contributed by atoms with Gasteiger partial charge in [0.25, 0.3) is 0 Å². The molecule has 2 heterocycles. The molecule has 5 fully saturated rings. The number of carbonyl (C=O) groups is 2. The molecule has 2 saturated heterocycles. The van der Waals surface area contributed by atoms with Crippen LogP contribution in [0.3, 0.4) is 0 Å². The zero-order valence-electron chi connectivity index (χ0n) is 20.7. The number of nitrogens with zero attached hydrogens (tertiary/aromatic N) is 3. The third kappa shape index (κ3) is 5.01. The highest BCUT2D eigenvalue weighted by Gasteiger charge is 2.51. The number of sulfonamides is 1. The zero-order valence-corrected chi connectivity index (χ0v) is 21.5. The normalized spacial score (nSPS) is 35.0. The number of urea groups is 1. The number of hydrogen-bond donors (Lipinski definition) is 2. The largest absolute Gasteiger partial charge is 0.326 e. The Kier molecular flexibility index (Phi) is 6.72. The van der Waals surface area contributed by atoms with E-state index in [2.05, 4.69) is 15.2 Å². The van der Waals surface area contributed by atoms with E-state index in [1.54, 1.807) is 11.9 Å². The maximum absolute atomic E-state index is 13.5. The molecule has 0 aromatic carbocycles. The van der Waals surface area contributed by atoms with Gasteiger partial charge in [-0.25, -0.2) is 22.9 Å². The van der Waals surface area contributed by atoms with Crippen molar-refractivity contribution in [3.63, 3.8) is 0 Å². The predicted octanol–water partition coefficient (Wildman–Crippen LogP) is 1.91. The minimum absolute atomic E-state index is 0.184. The van der Waals surface area contributed by atoms with E-state index in [4.69, 9.17) is 0 Å². The summed E-state index contributed by atoms with van der Waals surface area (Å²) in [5.74, 6) is 0.299. The van der Waals surface area contributed by atoms with E-state index in [9.17, 15) is 18.0 Å². The summed E-state index contributed by atoms with van der Waals surface area (Å²) in [6.45, 7) is 4.97. The molecule has 9 nitrogen and oxygen atoms in total. The first-order valence-electron chi connectivity index (χ1n) is 13.2. The second kappa shape index (κ2) is 9.33. The van der Waals surface area contributed by atoms with Crippen molar-refractivity contribution in [3.05, 3.63) is 0 Å². The second-order valence-electron chi connectivity index (χ2n) is 11.8. The van der Waals surface area contributed by atoms with Crippen molar-refractivity contribution >= 4 is 22.0 Å². The van der Waals surface area contributed by atoms with Crippen LogP contribution in [0.15, 0.2) is 0 Å². The van der Waals surface area contributed by atoms with Gasteiger partial charge < -0.3 is 4.90 Å². The molecule has 0 radical (unpaired) electrons. The van der Waals surface area contributed by atoms with Crippen molar-refractivity contribution in [3.8, 4) is 0 Å². The summed E-state index contributed by atoms with van der Waals surface area (Å²) in [4.78, 5) is 29.7. The van der Waals surface area contributed by atoms with Crippen LogP contribution >= 0.6 is 0 Å². The third-order valence-corrected chi connectivity index (χ3v) is 11.0. The molecule has 192 valence electrons. The Morgan fingerprint density at radius 2 is 1.76 bits per heavy atom. The highest BCUT2D eigenvalue weighted by atomic mass is 32.2. The van der Waals surface area contributed by atoms with E-state index < -0.39 is 21.2 Å². The van der Waals surface area contributed by atoms with E-state index in [-0.39, 0.29) is 29.4 Å². The van der Waals surface area contributed by atoms with Crippen LogP contribution in [0.5, 0.6) is 0 Å². The Morgan fingerprint density at radius 1 is 1.03 bits per heavy atom. The fourth-order valence-corrected chi connectivity index (χ4v) is 8.50. The number of hydrogen-bond acceptors (Lipinski definition) is 6. The molecule has 5 aliphatic rings. The van der Waals surface area contributed by atoms with Crippen molar-refractivity contribution in [2.75, 3.05) is 33.2 Å². The van der Waals surface area contributed by atoms with E-state index in [1.807, 2.05) is 6.92 Å². The van der Waals surface area contributed by atoms with Gasteiger partial charge in [0, 0.05) is 50.7 Å². The van der Waals surface area contributed by atoms with E-state index in [1.165, 1.54) is 37.0 Å². The summed E-state index contributed by atoms with van der Waals surface area (Å²) >= 11 is 0. The lowest BCUT2D eigenvalue weighted by molar-refractivity contribution is -0.140. The molecular formula is C24H41N5O4S. The molecule has 0 bridgehead atoms. The van der Waals surface area contributed by atoms with Crippen LogP contribution < -0.4 is 10.1 Å².